The summed E-state index contributed by atoms with van der Waals surface area (Å²) in [6.45, 7) is -0.165. The van der Waals surface area contributed by atoms with E-state index < -0.39 is 5.82 Å². The van der Waals surface area contributed by atoms with Crippen LogP contribution in [0.2, 0.25) is 5.02 Å². The van der Waals surface area contributed by atoms with E-state index in [-0.39, 0.29) is 34.4 Å². The molecule has 3 aliphatic rings. The molecule has 0 aliphatic heterocycles. The quantitative estimate of drug-likeness (QED) is 0.604. The lowest BCUT2D eigenvalue weighted by molar-refractivity contribution is -0.135. The second-order valence-corrected chi connectivity index (χ2v) is 8.41. The van der Waals surface area contributed by atoms with Gasteiger partial charge in [-0.15, -0.1) is 0 Å². The number of benzene rings is 1. The van der Waals surface area contributed by atoms with Crippen LogP contribution in [0.4, 0.5) is 10.1 Å². The maximum atomic E-state index is 13.4. The molecule has 0 unspecified atom stereocenters. The van der Waals surface area contributed by atoms with Crippen molar-refractivity contribution in [2.24, 2.45) is 0 Å². The van der Waals surface area contributed by atoms with E-state index in [1.807, 2.05) is 22.9 Å². The Morgan fingerprint density at radius 3 is 2.77 bits per heavy atom. The lowest BCUT2D eigenvalue weighted by Gasteiger charge is -2.70. The Bertz CT molecular complexity index is 1080. The summed E-state index contributed by atoms with van der Waals surface area (Å²) in [5, 5.41) is 6.65. The maximum Gasteiger partial charge on any atom is 0.258 e. The molecule has 1 amide bonds. The Kier molecular flexibility index (Phi) is 4.39. The standard InChI is InChI=1S/C21H19ClFN5O2/c22-16-2-1-15(8-17(16)23)30-9-19(29)27-21-10-20(11-21,12-21)26-14-3-4-25-18(7-14)28-6-5-24-13-28/h1-8,13H,9-12H2,(H,25,26)(H,27,29). The molecule has 30 heavy (non-hydrogen) atoms. The number of aromatic nitrogens is 3. The molecule has 7 nitrogen and oxygen atoms in total. The normalized spacial score (nSPS) is 23.8. The fourth-order valence-corrected chi connectivity index (χ4v) is 4.56. The van der Waals surface area contributed by atoms with E-state index in [9.17, 15) is 9.18 Å². The van der Waals surface area contributed by atoms with Gasteiger partial charge in [0.25, 0.3) is 5.91 Å². The first kappa shape index (κ1) is 18.9. The van der Waals surface area contributed by atoms with Crippen molar-refractivity contribution in [3.8, 4) is 11.6 Å². The average Bonchev–Trinajstić information content (AvgIpc) is 3.21. The molecule has 0 spiro atoms. The van der Waals surface area contributed by atoms with E-state index >= 15 is 0 Å². The summed E-state index contributed by atoms with van der Waals surface area (Å²) in [5.41, 5.74) is 0.807. The van der Waals surface area contributed by atoms with Gasteiger partial charge in [0.1, 0.15) is 23.7 Å². The smallest absolute Gasteiger partial charge is 0.258 e. The molecule has 6 rings (SSSR count). The van der Waals surface area contributed by atoms with Gasteiger partial charge in [-0.3, -0.25) is 9.36 Å². The van der Waals surface area contributed by atoms with Gasteiger partial charge in [0, 0.05) is 47.5 Å². The molecule has 2 N–H and O–H groups in total. The summed E-state index contributed by atoms with van der Waals surface area (Å²) >= 11 is 5.64. The summed E-state index contributed by atoms with van der Waals surface area (Å²) in [4.78, 5) is 20.7. The highest BCUT2D eigenvalue weighted by atomic mass is 35.5. The third kappa shape index (κ3) is 3.47. The number of rotatable bonds is 7. The minimum absolute atomic E-state index is 0.000998. The van der Waals surface area contributed by atoms with Crippen molar-refractivity contribution in [2.75, 3.05) is 11.9 Å². The molecule has 1 aromatic carbocycles. The van der Waals surface area contributed by atoms with E-state index in [4.69, 9.17) is 16.3 Å². The molecule has 0 atom stereocenters. The highest BCUT2D eigenvalue weighted by molar-refractivity contribution is 6.30. The number of nitrogens with one attached hydrogen (secondary N) is 2. The van der Waals surface area contributed by atoms with Crippen LogP contribution in [-0.4, -0.2) is 38.1 Å². The summed E-state index contributed by atoms with van der Waals surface area (Å²) in [5.74, 6) is 0.274. The average molecular weight is 428 g/mol. The Balaban J connectivity index is 1.12. The van der Waals surface area contributed by atoms with Gasteiger partial charge in [0.2, 0.25) is 0 Å². The number of nitrogens with zero attached hydrogens (tertiary/aromatic N) is 3. The van der Waals surface area contributed by atoms with Crippen molar-refractivity contribution in [2.45, 2.75) is 30.3 Å². The zero-order chi connectivity index (χ0) is 20.8. The molecule has 2 bridgehead atoms. The SMILES string of the molecule is O=C(COc1ccc(Cl)c(F)c1)NC12CC(Nc3ccnc(-n4ccnc4)c3)(C1)C2. The van der Waals surface area contributed by atoms with Crippen molar-refractivity contribution in [1.82, 2.24) is 19.9 Å². The Labute approximate surface area is 177 Å². The van der Waals surface area contributed by atoms with Crippen LogP contribution in [0.25, 0.3) is 5.82 Å². The number of hydrogen-bond acceptors (Lipinski definition) is 5. The van der Waals surface area contributed by atoms with E-state index in [1.54, 1.807) is 18.7 Å². The Morgan fingerprint density at radius 2 is 2.03 bits per heavy atom. The first-order valence-corrected chi connectivity index (χ1v) is 9.94. The first-order chi connectivity index (χ1) is 14.4. The molecule has 2 aromatic heterocycles. The molecular formula is C21H19ClFN5O2. The number of imidazole rings is 1. The molecule has 2 heterocycles. The number of carbonyl (C=O) groups is 1. The third-order valence-electron chi connectivity index (χ3n) is 5.62. The predicted molar refractivity (Wildman–Crippen MR) is 109 cm³/mol. The molecule has 3 fully saturated rings. The van der Waals surface area contributed by atoms with Gasteiger partial charge in [-0.05, 0) is 37.5 Å². The van der Waals surface area contributed by atoms with E-state index in [2.05, 4.69) is 20.6 Å². The zero-order valence-corrected chi connectivity index (χ0v) is 16.7. The summed E-state index contributed by atoms with van der Waals surface area (Å²) in [6.07, 6.45) is 9.58. The fourth-order valence-electron chi connectivity index (χ4n) is 4.44. The van der Waals surface area contributed by atoms with Gasteiger partial charge in [-0.1, -0.05) is 11.6 Å². The lowest BCUT2D eigenvalue weighted by Crippen LogP contribution is -2.81. The molecule has 0 radical (unpaired) electrons. The van der Waals surface area contributed by atoms with Gasteiger partial charge in [-0.25, -0.2) is 14.4 Å². The van der Waals surface area contributed by atoms with Crippen LogP contribution in [0.15, 0.2) is 55.2 Å². The summed E-state index contributed by atoms with van der Waals surface area (Å²) < 4.78 is 20.7. The second-order valence-electron chi connectivity index (χ2n) is 8.00. The van der Waals surface area contributed by atoms with Crippen LogP contribution in [0.3, 0.4) is 0 Å². The number of anilines is 1. The summed E-state index contributed by atoms with van der Waals surface area (Å²) in [6, 6.07) is 8.02. The van der Waals surface area contributed by atoms with Crippen molar-refractivity contribution in [3.63, 3.8) is 0 Å². The second kappa shape index (κ2) is 6.98. The number of hydrogen-bond donors (Lipinski definition) is 2. The highest BCUT2D eigenvalue weighted by Crippen LogP contribution is 2.61. The van der Waals surface area contributed by atoms with Crippen molar-refractivity contribution >= 4 is 23.2 Å². The van der Waals surface area contributed by atoms with Gasteiger partial charge < -0.3 is 15.4 Å². The number of carbonyl (C=O) groups excluding carboxylic acids is 1. The Hall–Kier alpha value is -3.13. The fraction of sp³-hybridized carbons (Fsp3) is 0.286. The van der Waals surface area contributed by atoms with Crippen molar-refractivity contribution in [1.29, 1.82) is 0 Å². The van der Waals surface area contributed by atoms with Gasteiger partial charge >= 0.3 is 0 Å². The number of amides is 1. The van der Waals surface area contributed by atoms with Crippen LogP contribution in [-0.2, 0) is 4.79 Å². The summed E-state index contributed by atoms with van der Waals surface area (Å²) in [7, 11) is 0. The monoisotopic (exact) mass is 427 g/mol. The van der Waals surface area contributed by atoms with E-state index in [1.165, 1.54) is 18.2 Å². The van der Waals surface area contributed by atoms with Gasteiger partial charge in [0.15, 0.2) is 6.61 Å². The molecule has 3 aromatic rings. The first-order valence-electron chi connectivity index (χ1n) is 9.56. The molecule has 3 saturated carbocycles. The molecule has 3 aliphatic carbocycles. The third-order valence-corrected chi connectivity index (χ3v) is 5.93. The Morgan fingerprint density at radius 1 is 1.20 bits per heavy atom. The minimum atomic E-state index is -0.575. The molecule has 0 saturated heterocycles. The molecular weight excluding hydrogens is 409 g/mol. The van der Waals surface area contributed by atoms with Crippen LogP contribution in [0.5, 0.6) is 5.75 Å². The van der Waals surface area contributed by atoms with E-state index in [0.29, 0.717) is 0 Å². The lowest BCUT2D eigenvalue weighted by atomic mass is 9.44. The topological polar surface area (TPSA) is 81.1 Å². The van der Waals surface area contributed by atoms with Crippen LogP contribution >= 0.6 is 11.6 Å². The van der Waals surface area contributed by atoms with Crippen LogP contribution in [0, 0.1) is 5.82 Å². The molecule has 9 heteroatoms. The predicted octanol–water partition coefficient (Wildman–Crippen LogP) is 3.34. The maximum absolute atomic E-state index is 13.4. The van der Waals surface area contributed by atoms with Gasteiger partial charge in [-0.2, -0.15) is 0 Å². The highest BCUT2D eigenvalue weighted by Gasteiger charge is 2.68. The van der Waals surface area contributed by atoms with Crippen LogP contribution < -0.4 is 15.4 Å². The number of ether oxygens (including phenoxy) is 1. The van der Waals surface area contributed by atoms with Crippen molar-refractivity contribution < 1.29 is 13.9 Å². The van der Waals surface area contributed by atoms with Crippen molar-refractivity contribution in [3.05, 3.63) is 66.1 Å². The number of pyridine rings is 1. The minimum Gasteiger partial charge on any atom is -0.484 e. The zero-order valence-electron chi connectivity index (χ0n) is 15.9. The number of halogens is 2. The largest absolute Gasteiger partial charge is 0.484 e. The van der Waals surface area contributed by atoms with Gasteiger partial charge in [0.05, 0.1) is 5.02 Å². The van der Waals surface area contributed by atoms with E-state index in [0.717, 1.165) is 30.8 Å². The van der Waals surface area contributed by atoms with Crippen LogP contribution in [0.1, 0.15) is 19.3 Å². The molecule has 154 valence electrons.